The summed E-state index contributed by atoms with van der Waals surface area (Å²) in [6.45, 7) is 0.891. The molecule has 13 heavy (non-hydrogen) atoms. The smallest absolute Gasteiger partial charge is 0.220 e. The quantitative estimate of drug-likeness (QED) is 0.631. The topological polar surface area (TPSA) is 58.2 Å². The van der Waals surface area contributed by atoms with Crippen LogP contribution in [0.2, 0.25) is 0 Å². The van der Waals surface area contributed by atoms with Crippen molar-refractivity contribution in [3.8, 4) is 0 Å². The molecule has 0 spiro atoms. The molecule has 2 saturated heterocycles. The summed E-state index contributed by atoms with van der Waals surface area (Å²) in [6, 6.07) is -0.240. The molecule has 5 heteroatoms. The molecule has 4 nitrogen and oxygen atoms in total. The summed E-state index contributed by atoms with van der Waals surface area (Å²) in [4.78, 5) is 22.6. The Morgan fingerprint density at radius 2 is 2.38 bits per heavy atom. The van der Waals surface area contributed by atoms with Crippen LogP contribution in [0.25, 0.3) is 0 Å². The monoisotopic (exact) mass is 200 g/mol. The Morgan fingerprint density at radius 3 is 2.92 bits per heavy atom. The second-order valence-corrected chi connectivity index (χ2v) is 4.48. The maximum Gasteiger partial charge on any atom is 0.220 e. The molecule has 2 aliphatic rings. The molecule has 0 aromatic heterocycles. The third-order valence-corrected chi connectivity index (χ3v) is 3.49. The lowest BCUT2D eigenvalue weighted by molar-refractivity contribution is -0.124. The van der Waals surface area contributed by atoms with Crippen molar-refractivity contribution in [2.45, 2.75) is 24.3 Å². The minimum atomic E-state index is -0.240. The Kier molecular flexibility index (Phi) is 2.55. The fourth-order valence-electron chi connectivity index (χ4n) is 1.62. The van der Waals surface area contributed by atoms with E-state index in [0.29, 0.717) is 12.8 Å². The van der Waals surface area contributed by atoms with E-state index in [4.69, 9.17) is 0 Å². The van der Waals surface area contributed by atoms with Gasteiger partial charge in [0.05, 0.1) is 6.04 Å². The molecule has 2 aliphatic heterocycles. The van der Waals surface area contributed by atoms with Crippen molar-refractivity contribution in [1.29, 1.82) is 0 Å². The van der Waals surface area contributed by atoms with Crippen LogP contribution in [0.15, 0.2) is 0 Å². The summed E-state index contributed by atoms with van der Waals surface area (Å²) in [5, 5.41) is 5.70. The largest absolute Gasteiger partial charge is 0.346 e. The number of ketones is 1. The number of amides is 1. The number of hydrogen-bond acceptors (Lipinski definition) is 4. The van der Waals surface area contributed by atoms with Crippen molar-refractivity contribution in [3.05, 3.63) is 0 Å². The molecular formula is C8H12N2O2S. The van der Waals surface area contributed by atoms with E-state index < -0.39 is 0 Å². The second-order valence-electron chi connectivity index (χ2n) is 3.27. The van der Waals surface area contributed by atoms with Crippen LogP contribution < -0.4 is 10.6 Å². The maximum atomic E-state index is 11.7. The van der Waals surface area contributed by atoms with Crippen LogP contribution in [0.4, 0.5) is 0 Å². The minimum Gasteiger partial charge on any atom is -0.346 e. The summed E-state index contributed by atoms with van der Waals surface area (Å²) in [7, 11) is 0. The summed E-state index contributed by atoms with van der Waals surface area (Å²) in [5.74, 6) is 1.12. The lowest BCUT2D eigenvalue weighted by Gasteiger charge is -2.13. The van der Waals surface area contributed by atoms with Crippen LogP contribution in [-0.2, 0) is 9.59 Å². The predicted molar refractivity (Wildman–Crippen MR) is 50.4 cm³/mol. The van der Waals surface area contributed by atoms with Gasteiger partial charge < -0.3 is 5.32 Å². The fraction of sp³-hybridized carbons (Fsp3) is 0.750. The minimum absolute atomic E-state index is 0.00125. The average molecular weight is 200 g/mol. The third kappa shape index (κ3) is 1.86. The van der Waals surface area contributed by atoms with Crippen LogP contribution in [0.1, 0.15) is 12.8 Å². The molecule has 0 bridgehead atoms. The van der Waals surface area contributed by atoms with Crippen LogP contribution in [-0.4, -0.2) is 35.4 Å². The standard InChI is InChI=1S/C8H12N2O2S/c11-6-2-1-5(10-6)7(12)8-9-3-4-13-8/h5,8-9H,1-4H2,(H,10,11)/t5-,8?/m0/s1. The van der Waals surface area contributed by atoms with E-state index in [-0.39, 0.29) is 23.1 Å². The van der Waals surface area contributed by atoms with E-state index in [1.54, 1.807) is 11.8 Å². The van der Waals surface area contributed by atoms with Crippen molar-refractivity contribution in [2.24, 2.45) is 0 Å². The number of nitrogens with one attached hydrogen (secondary N) is 2. The molecule has 1 amide bonds. The van der Waals surface area contributed by atoms with Gasteiger partial charge in [-0.3, -0.25) is 14.9 Å². The van der Waals surface area contributed by atoms with Crippen LogP contribution >= 0.6 is 11.8 Å². The van der Waals surface area contributed by atoms with Gasteiger partial charge in [0.2, 0.25) is 5.91 Å². The Hall–Kier alpha value is -0.550. The Morgan fingerprint density at radius 1 is 1.54 bits per heavy atom. The van der Waals surface area contributed by atoms with E-state index >= 15 is 0 Å². The molecule has 2 heterocycles. The van der Waals surface area contributed by atoms with Gasteiger partial charge in [0.15, 0.2) is 5.78 Å². The van der Waals surface area contributed by atoms with Crippen LogP contribution in [0.5, 0.6) is 0 Å². The van der Waals surface area contributed by atoms with Gasteiger partial charge >= 0.3 is 0 Å². The van der Waals surface area contributed by atoms with E-state index in [2.05, 4.69) is 10.6 Å². The highest BCUT2D eigenvalue weighted by Crippen LogP contribution is 2.19. The molecular weight excluding hydrogens is 188 g/mol. The normalized spacial score (nSPS) is 33.4. The molecule has 0 aromatic carbocycles. The molecule has 2 N–H and O–H groups in total. The van der Waals surface area contributed by atoms with Crippen LogP contribution in [0.3, 0.4) is 0 Å². The molecule has 0 aliphatic carbocycles. The number of thioether (sulfide) groups is 1. The first-order valence-corrected chi connectivity index (χ1v) is 5.50. The van der Waals surface area contributed by atoms with Gasteiger partial charge in [0.1, 0.15) is 5.37 Å². The van der Waals surface area contributed by atoms with Crippen molar-refractivity contribution in [2.75, 3.05) is 12.3 Å². The van der Waals surface area contributed by atoms with Gasteiger partial charge in [0, 0.05) is 18.7 Å². The zero-order chi connectivity index (χ0) is 9.26. The summed E-state index contributed by atoms with van der Waals surface area (Å²) in [5.41, 5.74) is 0. The number of carbonyl (C=O) groups excluding carboxylic acids is 2. The number of Topliss-reactive ketones (excluding diaryl/α,β-unsaturated/α-hetero) is 1. The highest BCUT2D eigenvalue weighted by atomic mass is 32.2. The first-order chi connectivity index (χ1) is 6.27. The SMILES string of the molecule is O=C1CC[C@@H](C(=O)C2NCCS2)N1. The molecule has 2 atom stereocenters. The maximum absolute atomic E-state index is 11.7. The van der Waals surface area contributed by atoms with Gasteiger partial charge in [-0.25, -0.2) is 0 Å². The van der Waals surface area contributed by atoms with Gasteiger partial charge in [0.25, 0.3) is 0 Å². The first-order valence-electron chi connectivity index (χ1n) is 4.45. The first kappa shape index (κ1) is 9.02. The lowest BCUT2D eigenvalue weighted by Crippen LogP contribution is -2.42. The summed E-state index contributed by atoms with van der Waals surface area (Å²) >= 11 is 1.63. The Labute approximate surface area is 80.8 Å². The van der Waals surface area contributed by atoms with E-state index in [9.17, 15) is 9.59 Å². The third-order valence-electron chi connectivity index (χ3n) is 2.31. The Balaban J connectivity index is 1.92. The summed E-state index contributed by atoms with van der Waals surface area (Å²) < 4.78 is 0. The molecule has 0 saturated carbocycles. The number of rotatable bonds is 2. The van der Waals surface area contributed by atoms with Crippen molar-refractivity contribution < 1.29 is 9.59 Å². The lowest BCUT2D eigenvalue weighted by atomic mass is 10.1. The van der Waals surface area contributed by atoms with Crippen molar-refractivity contribution in [1.82, 2.24) is 10.6 Å². The van der Waals surface area contributed by atoms with E-state index in [1.165, 1.54) is 0 Å². The molecule has 0 aromatic rings. The van der Waals surface area contributed by atoms with Gasteiger partial charge in [-0.2, -0.15) is 0 Å². The van der Waals surface area contributed by atoms with Gasteiger partial charge in [-0.15, -0.1) is 11.8 Å². The number of hydrogen-bond donors (Lipinski definition) is 2. The van der Waals surface area contributed by atoms with Gasteiger partial charge in [-0.05, 0) is 6.42 Å². The molecule has 72 valence electrons. The van der Waals surface area contributed by atoms with E-state index in [1.807, 2.05) is 0 Å². The van der Waals surface area contributed by atoms with Crippen molar-refractivity contribution in [3.63, 3.8) is 0 Å². The predicted octanol–water partition coefficient (Wildman–Crippen LogP) is -0.503. The summed E-state index contributed by atoms with van der Waals surface area (Å²) in [6.07, 6.45) is 1.16. The molecule has 2 rings (SSSR count). The van der Waals surface area contributed by atoms with Crippen LogP contribution in [0, 0.1) is 0 Å². The number of carbonyl (C=O) groups is 2. The second kappa shape index (κ2) is 3.67. The highest BCUT2D eigenvalue weighted by molar-refractivity contribution is 8.00. The zero-order valence-corrected chi connectivity index (χ0v) is 8.02. The Bertz CT molecular complexity index is 238. The van der Waals surface area contributed by atoms with Gasteiger partial charge in [-0.1, -0.05) is 0 Å². The highest BCUT2D eigenvalue weighted by Gasteiger charge is 2.33. The average Bonchev–Trinajstić information content (AvgIpc) is 2.72. The van der Waals surface area contributed by atoms with E-state index in [0.717, 1.165) is 12.3 Å². The molecule has 2 fully saturated rings. The zero-order valence-electron chi connectivity index (χ0n) is 7.21. The fourth-order valence-corrected chi connectivity index (χ4v) is 2.65. The molecule has 0 radical (unpaired) electrons. The molecule has 1 unspecified atom stereocenters. The van der Waals surface area contributed by atoms with Crippen molar-refractivity contribution >= 4 is 23.5 Å².